The van der Waals surface area contributed by atoms with E-state index in [1.165, 1.54) is 14.0 Å². The molecule has 0 amide bonds. The van der Waals surface area contributed by atoms with Gasteiger partial charge < -0.3 is 19.1 Å². The van der Waals surface area contributed by atoms with E-state index < -0.39 is 12.1 Å². The van der Waals surface area contributed by atoms with Crippen molar-refractivity contribution >= 4 is 46.0 Å². The third-order valence-corrected chi connectivity index (χ3v) is 6.31. The van der Waals surface area contributed by atoms with Crippen LogP contribution in [-0.4, -0.2) is 39.6 Å². The molecule has 0 unspecified atom stereocenters. The van der Waals surface area contributed by atoms with E-state index in [1.807, 2.05) is 17.6 Å². The molecule has 7 nitrogen and oxygen atoms in total. The van der Waals surface area contributed by atoms with E-state index in [4.69, 9.17) is 37.8 Å². The summed E-state index contributed by atoms with van der Waals surface area (Å²) in [4.78, 5) is 29.3. The lowest BCUT2D eigenvalue weighted by molar-refractivity contribution is -0.144. The molecule has 2 heterocycles. The Bertz CT molecular complexity index is 1430. The molecule has 4 rings (SSSR count). The summed E-state index contributed by atoms with van der Waals surface area (Å²) in [5.74, 6) is -0.458. The lowest BCUT2D eigenvalue weighted by Crippen LogP contribution is -2.22. The molecule has 0 aliphatic rings. The molecule has 4 aromatic rings. The monoisotopic (exact) mass is 512 g/mol. The Morgan fingerprint density at radius 2 is 1.80 bits per heavy atom. The van der Waals surface area contributed by atoms with Gasteiger partial charge in [0.25, 0.3) is 0 Å². The highest BCUT2D eigenvalue weighted by Gasteiger charge is 2.23. The Morgan fingerprint density at radius 3 is 2.46 bits per heavy atom. The fraction of sp³-hybridized carbons (Fsp3) is 0.192. The topological polar surface area (TPSA) is 90.7 Å². The summed E-state index contributed by atoms with van der Waals surface area (Å²) in [5, 5.41) is 10.8. The fourth-order valence-electron chi connectivity index (χ4n) is 3.83. The third-order valence-electron chi connectivity index (χ3n) is 5.69. The summed E-state index contributed by atoms with van der Waals surface area (Å²) in [6.07, 6.45) is -1.02. The minimum atomic E-state index is -1.07. The van der Waals surface area contributed by atoms with Gasteiger partial charge in [0.1, 0.15) is 11.4 Å². The van der Waals surface area contributed by atoms with Crippen LogP contribution in [-0.2, 0) is 11.3 Å². The number of ether oxygens (including phenoxy) is 2. The Labute approximate surface area is 211 Å². The maximum absolute atomic E-state index is 13.5. The van der Waals surface area contributed by atoms with Gasteiger partial charge in [-0.3, -0.25) is 4.79 Å². The molecule has 1 N–H and O–H groups in total. The molecule has 0 fully saturated rings. The SMILES string of the molecule is COc1ccc2c(C(=O)c3ccc(Cl)cc3)c(C)n(Cc3cc(O[C@@H](C)C(=O)O)ccc3Cl)c2n1. The van der Waals surface area contributed by atoms with Crippen LogP contribution in [0.1, 0.15) is 34.1 Å². The number of pyridine rings is 1. The second-order valence-electron chi connectivity index (χ2n) is 7.96. The fourth-order valence-corrected chi connectivity index (χ4v) is 4.13. The van der Waals surface area contributed by atoms with E-state index in [2.05, 4.69) is 4.98 Å². The molecule has 0 saturated heterocycles. The number of carboxylic acids is 1. The molecule has 0 saturated carbocycles. The Morgan fingerprint density at radius 1 is 1.09 bits per heavy atom. The van der Waals surface area contributed by atoms with Crippen LogP contribution in [0.25, 0.3) is 11.0 Å². The molecule has 0 spiro atoms. The van der Waals surface area contributed by atoms with Gasteiger partial charge in [0.2, 0.25) is 5.88 Å². The quantitative estimate of drug-likeness (QED) is 0.300. The highest BCUT2D eigenvalue weighted by atomic mass is 35.5. The summed E-state index contributed by atoms with van der Waals surface area (Å²) >= 11 is 12.5. The summed E-state index contributed by atoms with van der Waals surface area (Å²) in [7, 11) is 1.52. The minimum Gasteiger partial charge on any atom is -0.481 e. The zero-order chi connectivity index (χ0) is 25.3. The predicted octanol–water partition coefficient (Wildman–Crippen LogP) is 5.79. The number of carbonyl (C=O) groups excluding carboxylic acids is 1. The Kier molecular flexibility index (Phi) is 7.00. The Hall–Kier alpha value is -3.55. The maximum Gasteiger partial charge on any atom is 0.344 e. The normalized spacial score (nSPS) is 11.9. The second kappa shape index (κ2) is 9.98. The number of methoxy groups -OCH3 is 1. The van der Waals surface area contributed by atoms with Crippen LogP contribution >= 0.6 is 23.2 Å². The average molecular weight is 513 g/mol. The number of hydrogen-bond acceptors (Lipinski definition) is 5. The summed E-state index contributed by atoms with van der Waals surface area (Å²) in [6.45, 7) is 3.57. The summed E-state index contributed by atoms with van der Waals surface area (Å²) in [5.41, 5.74) is 2.95. The number of rotatable bonds is 8. The number of aromatic nitrogens is 2. The van der Waals surface area contributed by atoms with Crippen LogP contribution in [0.15, 0.2) is 54.6 Å². The number of aliphatic carboxylic acids is 1. The van der Waals surface area contributed by atoms with E-state index in [0.29, 0.717) is 55.1 Å². The van der Waals surface area contributed by atoms with Gasteiger partial charge in [-0.2, -0.15) is 4.98 Å². The van der Waals surface area contributed by atoms with Gasteiger partial charge in [0.05, 0.1) is 19.2 Å². The third kappa shape index (κ3) is 4.97. The first-order valence-electron chi connectivity index (χ1n) is 10.7. The number of halogens is 2. The van der Waals surface area contributed by atoms with Crippen molar-refractivity contribution in [2.75, 3.05) is 7.11 Å². The van der Waals surface area contributed by atoms with Crippen molar-refractivity contribution in [3.05, 3.63) is 87.0 Å². The van der Waals surface area contributed by atoms with Crippen LogP contribution < -0.4 is 9.47 Å². The molecule has 1 atom stereocenters. The molecule has 0 aliphatic heterocycles. The van der Waals surface area contributed by atoms with Gasteiger partial charge in [-0.25, -0.2) is 4.79 Å². The van der Waals surface area contributed by atoms with Crippen molar-refractivity contribution in [1.29, 1.82) is 0 Å². The number of ketones is 1. The van der Waals surface area contributed by atoms with Crippen LogP contribution in [0, 0.1) is 6.92 Å². The number of carboxylic acid groups (broad SMARTS) is 1. The summed E-state index contributed by atoms with van der Waals surface area (Å²) < 4.78 is 12.7. The Balaban J connectivity index is 1.82. The van der Waals surface area contributed by atoms with E-state index in [1.54, 1.807) is 48.5 Å². The lowest BCUT2D eigenvalue weighted by Gasteiger charge is -2.14. The molecule has 0 bridgehead atoms. The molecule has 180 valence electrons. The van der Waals surface area contributed by atoms with Crippen LogP contribution in [0.5, 0.6) is 11.6 Å². The molecule has 35 heavy (non-hydrogen) atoms. The first kappa shape index (κ1) is 24.6. The summed E-state index contributed by atoms with van der Waals surface area (Å²) in [6, 6.07) is 15.2. The zero-order valence-corrected chi connectivity index (χ0v) is 20.7. The predicted molar refractivity (Wildman–Crippen MR) is 134 cm³/mol. The minimum absolute atomic E-state index is 0.159. The van der Waals surface area contributed by atoms with Gasteiger partial charge in [0.15, 0.2) is 11.9 Å². The van der Waals surface area contributed by atoms with Crippen molar-refractivity contribution in [2.24, 2.45) is 0 Å². The number of nitrogens with zero attached hydrogens (tertiary/aromatic N) is 2. The van der Waals surface area contributed by atoms with Crippen LogP contribution in [0.4, 0.5) is 0 Å². The first-order chi connectivity index (χ1) is 16.7. The number of hydrogen-bond donors (Lipinski definition) is 1. The van der Waals surface area contributed by atoms with E-state index in [0.717, 1.165) is 0 Å². The second-order valence-corrected chi connectivity index (χ2v) is 8.80. The highest BCUT2D eigenvalue weighted by molar-refractivity contribution is 6.31. The lowest BCUT2D eigenvalue weighted by atomic mass is 10.0. The number of carbonyl (C=O) groups is 2. The number of benzene rings is 2. The van der Waals surface area contributed by atoms with Crippen molar-refractivity contribution in [3.63, 3.8) is 0 Å². The zero-order valence-electron chi connectivity index (χ0n) is 19.2. The van der Waals surface area contributed by atoms with Crippen molar-refractivity contribution in [1.82, 2.24) is 9.55 Å². The van der Waals surface area contributed by atoms with Crippen LogP contribution in [0.2, 0.25) is 10.0 Å². The van der Waals surface area contributed by atoms with Gasteiger partial charge in [-0.15, -0.1) is 0 Å². The molecular weight excluding hydrogens is 491 g/mol. The van der Waals surface area contributed by atoms with E-state index in [-0.39, 0.29) is 12.3 Å². The smallest absolute Gasteiger partial charge is 0.344 e. The van der Waals surface area contributed by atoms with Crippen molar-refractivity contribution in [3.8, 4) is 11.6 Å². The molecule has 2 aromatic heterocycles. The average Bonchev–Trinajstić information content (AvgIpc) is 3.11. The largest absolute Gasteiger partial charge is 0.481 e. The van der Waals surface area contributed by atoms with Gasteiger partial charge in [0, 0.05) is 32.8 Å². The standard InChI is InChI=1S/C26H22Cl2N2O5/c1-14-23(24(31)16-4-6-18(27)7-5-16)20-9-11-22(34-3)29-25(20)30(14)13-17-12-19(8-10-21(17)28)35-15(2)26(32)33/h4-12,15H,13H2,1-3H3,(H,32,33)/t15-/m0/s1. The molecular formula is C26H22Cl2N2O5. The van der Waals surface area contributed by atoms with Gasteiger partial charge in [-0.1, -0.05) is 23.2 Å². The highest BCUT2D eigenvalue weighted by Crippen LogP contribution is 2.32. The molecule has 9 heteroatoms. The first-order valence-corrected chi connectivity index (χ1v) is 11.5. The van der Waals surface area contributed by atoms with Gasteiger partial charge >= 0.3 is 5.97 Å². The van der Waals surface area contributed by atoms with E-state index >= 15 is 0 Å². The van der Waals surface area contributed by atoms with Gasteiger partial charge in [-0.05, 0) is 67.9 Å². The number of fused-ring (bicyclic) bond motifs is 1. The molecule has 2 aromatic carbocycles. The van der Waals surface area contributed by atoms with Crippen LogP contribution in [0.3, 0.4) is 0 Å². The van der Waals surface area contributed by atoms with Crippen molar-refractivity contribution in [2.45, 2.75) is 26.5 Å². The molecule has 0 aliphatic carbocycles. The van der Waals surface area contributed by atoms with Crippen molar-refractivity contribution < 1.29 is 24.2 Å². The molecule has 0 radical (unpaired) electrons. The maximum atomic E-state index is 13.5. The van der Waals surface area contributed by atoms with E-state index in [9.17, 15) is 9.59 Å².